The summed E-state index contributed by atoms with van der Waals surface area (Å²) in [6.07, 6.45) is 0.759. The van der Waals surface area contributed by atoms with Crippen molar-refractivity contribution in [2.24, 2.45) is 5.73 Å². The van der Waals surface area contributed by atoms with Crippen molar-refractivity contribution in [1.29, 1.82) is 0 Å². The van der Waals surface area contributed by atoms with E-state index >= 15 is 0 Å². The first-order valence-corrected chi connectivity index (χ1v) is 6.96. The van der Waals surface area contributed by atoms with E-state index in [9.17, 15) is 4.79 Å². The molecule has 1 aromatic carbocycles. The predicted molar refractivity (Wildman–Crippen MR) is 81.1 cm³/mol. The van der Waals surface area contributed by atoms with Gasteiger partial charge in [0.15, 0.2) is 5.62 Å². The Morgan fingerprint density at radius 3 is 2.33 bits per heavy atom. The van der Waals surface area contributed by atoms with Crippen LogP contribution in [0.5, 0.6) is 5.75 Å². The number of hydrogen-bond donors (Lipinski definition) is 1. The number of benzene rings is 1. The van der Waals surface area contributed by atoms with Gasteiger partial charge in [-0.05, 0) is 46.8 Å². The fourth-order valence-corrected chi connectivity index (χ4v) is 2.03. The largest absolute Gasteiger partial charge is 0.520 e. The van der Waals surface area contributed by atoms with E-state index in [4.69, 9.17) is 19.8 Å². The lowest BCUT2D eigenvalue weighted by Crippen LogP contribution is -2.58. The highest BCUT2D eigenvalue weighted by molar-refractivity contribution is 6.49. The maximum atomic E-state index is 10.8. The van der Waals surface area contributed by atoms with Crippen LogP contribution >= 0.6 is 0 Å². The first-order chi connectivity index (χ1) is 9.57. The molecule has 114 valence electrons. The summed E-state index contributed by atoms with van der Waals surface area (Å²) in [6.45, 7) is 9.51. The van der Waals surface area contributed by atoms with Crippen molar-refractivity contribution in [3.8, 4) is 5.75 Å². The molecule has 0 spiro atoms. The van der Waals surface area contributed by atoms with Crippen LogP contribution in [-0.4, -0.2) is 30.2 Å². The van der Waals surface area contributed by atoms with Crippen LogP contribution in [-0.2, 0) is 9.31 Å². The number of nitrogens with two attached hydrogens (primary N) is 1. The summed E-state index contributed by atoms with van der Waals surface area (Å²) in [5, 5.41) is 0. The number of carbonyl (C=O) groups excluding carboxylic acids is 1. The maximum absolute atomic E-state index is 10.8. The molecule has 0 amide bonds. The third kappa shape index (κ3) is 3.12. The molecule has 1 aromatic rings. The fraction of sp³-hybridized carbons (Fsp3) is 0.533. The van der Waals surface area contributed by atoms with Gasteiger partial charge in [0.2, 0.25) is 0 Å². The number of rotatable bonds is 4. The summed E-state index contributed by atoms with van der Waals surface area (Å²) in [5.41, 5.74) is 4.62. The van der Waals surface area contributed by atoms with Crippen LogP contribution in [0.2, 0.25) is 0 Å². The van der Waals surface area contributed by atoms with Gasteiger partial charge in [0, 0.05) is 5.56 Å². The second-order valence-corrected chi connectivity index (χ2v) is 6.56. The molecule has 6 heteroatoms. The Hall–Kier alpha value is -1.37. The van der Waals surface area contributed by atoms with E-state index in [0.717, 1.165) is 6.29 Å². The average molecular weight is 291 g/mol. The summed E-state index contributed by atoms with van der Waals surface area (Å²) >= 11 is 0. The molecule has 1 fully saturated rings. The molecule has 0 radical (unpaired) electrons. The SMILES string of the molecule is CC1(C)OB([C@](C)(N)Oc2cccc(C=O)c2)OC1(C)C. The van der Waals surface area contributed by atoms with E-state index in [2.05, 4.69) is 0 Å². The molecule has 1 atom stereocenters. The van der Waals surface area contributed by atoms with Gasteiger partial charge in [0.1, 0.15) is 12.0 Å². The van der Waals surface area contributed by atoms with Gasteiger partial charge in [-0.15, -0.1) is 0 Å². The van der Waals surface area contributed by atoms with Gasteiger partial charge in [-0.3, -0.25) is 10.5 Å². The molecule has 1 heterocycles. The lowest BCUT2D eigenvalue weighted by atomic mass is 9.75. The molecule has 1 aliphatic rings. The van der Waals surface area contributed by atoms with Gasteiger partial charge in [-0.2, -0.15) is 0 Å². The van der Waals surface area contributed by atoms with Crippen LogP contribution in [0.15, 0.2) is 24.3 Å². The van der Waals surface area contributed by atoms with Crippen LogP contribution in [0.25, 0.3) is 0 Å². The zero-order valence-corrected chi connectivity index (χ0v) is 13.2. The Labute approximate surface area is 125 Å². The summed E-state index contributed by atoms with van der Waals surface area (Å²) in [7, 11) is -0.706. The van der Waals surface area contributed by atoms with Gasteiger partial charge in [0.25, 0.3) is 0 Å². The molecule has 2 rings (SSSR count). The van der Waals surface area contributed by atoms with Crippen molar-refractivity contribution in [1.82, 2.24) is 0 Å². The van der Waals surface area contributed by atoms with Gasteiger partial charge in [-0.25, -0.2) is 0 Å². The van der Waals surface area contributed by atoms with Gasteiger partial charge in [-0.1, -0.05) is 12.1 Å². The third-order valence-corrected chi connectivity index (χ3v) is 4.05. The second kappa shape index (κ2) is 5.12. The molecule has 0 aromatic heterocycles. The molecule has 0 saturated carbocycles. The number of hydrogen-bond acceptors (Lipinski definition) is 5. The van der Waals surface area contributed by atoms with Crippen LogP contribution in [0.4, 0.5) is 0 Å². The first-order valence-electron chi connectivity index (χ1n) is 6.96. The van der Waals surface area contributed by atoms with E-state index in [1.165, 1.54) is 0 Å². The standard InChI is InChI=1S/C15H22BNO4/c1-13(2)14(3,4)21-16(20-13)15(5,17)19-12-8-6-7-11(9-12)10-18/h6-10H,17H2,1-5H3/t15-/m1/s1. The minimum atomic E-state index is -1.17. The topological polar surface area (TPSA) is 70.8 Å². The molecular weight excluding hydrogens is 269 g/mol. The highest BCUT2D eigenvalue weighted by Gasteiger charge is 2.58. The zero-order chi connectivity index (χ0) is 15.9. The van der Waals surface area contributed by atoms with E-state index in [1.807, 2.05) is 27.7 Å². The number of aldehydes is 1. The normalized spacial score (nSPS) is 22.7. The molecule has 5 nitrogen and oxygen atoms in total. The molecule has 21 heavy (non-hydrogen) atoms. The minimum absolute atomic E-state index is 0.480. The Balaban J connectivity index is 2.17. The van der Waals surface area contributed by atoms with Crippen molar-refractivity contribution in [2.45, 2.75) is 51.4 Å². The van der Waals surface area contributed by atoms with Crippen LogP contribution < -0.4 is 10.5 Å². The second-order valence-electron chi connectivity index (χ2n) is 6.56. The van der Waals surface area contributed by atoms with E-state index < -0.39 is 23.9 Å². The Morgan fingerprint density at radius 1 is 1.24 bits per heavy atom. The van der Waals surface area contributed by atoms with Gasteiger partial charge in [0.05, 0.1) is 11.2 Å². The monoisotopic (exact) mass is 291 g/mol. The van der Waals surface area contributed by atoms with Crippen LogP contribution in [0.1, 0.15) is 45.0 Å². The third-order valence-electron chi connectivity index (χ3n) is 4.05. The molecule has 1 saturated heterocycles. The van der Waals surface area contributed by atoms with Crippen molar-refractivity contribution in [2.75, 3.05) is 0 Å². The highest BCUT2D eigenvalue weighted by atomic mass is 16.7. The lowest BCUT2D eigenvalue weighted by Gasteiger charge is -2.32. The highest BCUT2D eigenvalue weighted by Crippen LogP contribution is 2.39. The van der Waals surface area contributed by atoms with Crippen molar-refractivity contribution in [3.05, 3.63) is 29.8 Å². The molecule has 0 aliphatic carbocycles. The molecule has 2 N–H and O–H groups in total. The van der Waals surface area contributed by atoms with Gasteiger partial charge >= 0.3 is 7.12 Å². The van der Waals surface area contributed by atoms with E-state index in [-0.39, 0.29) is 0 Å². The minimum Gasteiger partial charge on any atom is -0.475 e. The zero-order valence-electron chi connectivity index (χ0n) is 13.2. The molecule has 0 unspecified atom stereocenters. The quantitative estimate of drug-likeness (QED) is 0.523. The van der Waals surface area contributed by atoms with Crippen molar-refractivity contribution >= 4 is 13.4 Å². The summed E-state index contributed by atoms with van der Waals surface area (Å²) < 4.78 is 17.6. The maximum Gasteiger partial charge on any atom is 0.520 e. The van der Waals surface area contributed by atoms with E-state index in [0.29, 0.717) is 11.3 Å². The Bertz CT molecular complexity index is 526. The Morgan fingerprint density at radius 2 is 1.81 bits per heavy atom. The van der Waals surface area contributed by atoms with Crippen LogP contribution in [0.3, 0.4) is 0 Å². The van der Waals surface area contributed by atoms with E-state index in [1.54, 1.807) is 31.2 Å². The van der Waals surface area contributed by atoms with Gasteiger partial charge < -0.3 is 14.0 Å². The summed E-state index contributed by atoms with van der Waals surface area (Å²) in [4.78, 5) is 10.8. The lowest BCUT2D eigenvalue weighted by molar-refractivity contribution is 0.00578. The Kier molecular flexibility index (Phi) is 3.91. The summed E-state index contributed by atoms with van der Waals surface area (Å²) in [6, 6.07) is 6.80. The molecule has 1 aliphatic heterocycles. The summed E-state index contributed by atoms with van der Waals surface area (Å²) in [5.74, 6) is 0.499. The van der Waals surface area contributed by atoms with Crippen molar-refractivity contribution < 1.29 is 18.8 Å². The molecule has 0 bridgehead atoms. The average Bonchev–Trinajstić information content (AvgIpc) is 2.59. The molecular formula is C15H22BNO4. The van der Waals surface area contributed by atoms with Crippen LogP contribution in [0, 0.1) is 0 Å². The fourth-order valence-electron chi connectivity index (χ4n) is 2.03. The smallest absolute Gasteiger partial charge is 0.475 e. The van der Waals surface area contributed by atoms with Crippen molar-refractivity contribution in [3.63, 3.8) is 0 Å². The number of carbonyl (C=O) groups is 1. The number of ether oxygens (including phenoxy) is 1. The predicted octanol–water partition coefficient (Wildman–Crippen LogP) is 2.18. The first kappa shape index (κ1) is 16.0.